The van der Waals surface area contributed by atoms with Crippen LogP contribution in [0.4, 0.5) is 0 Å². The van der Waals surface area contributed by atoms with Crippen LogP contribution < -0.4 is 5.32 Å². The van der Waals surface area contributed by atoms with E-state index in [-0.39, 0.29) is 5.56 Å². The van der Waals surface area contributed by atoms with Gasteiger partial charge in [-0.15, -0.1) is 0 Å². The van der Waals surface area contributed by atoms with E-state index in [9.17, 15) is 15.0 Å². The van der Waals surface area contributed by atoms with Crippen molar-refractivity contribution < 1.29 is 15.0 Å². The Labute approximate surface area is 147 Å². The highest BCUT2D eigenvalue weighted by Crippen LogP contribution is 2.47. The normalized spacial score (nSPS) is 18.4. The number of aliphatic hydroxyl groups is 1. The zero-order valence-electron chi connectivity index (χ0n) is 14.8. The highest BCUT2D eigenvalue weighted by Gasteiger charge is 2.53. The molecule has 1 unspecified atom stereocenters. The molecule has 1 aliphatic heterocycles. The molecule has 0 bridgehead atoms. The third-order valence-corrected chi connectivity index (χ3v) is 5.30. The van der Waals surface area contributed by atoms with E-state index in [0.717, 1.165) is 5.56 Å². The minimum Gasteiger partial charge on any atom is -0.478 e. The second-order valence-electron chi connectivity index (χ2n) is 7.42. The lowest BCUT2D eigenvalue weighted by molar-refractivity contribution is -0.0769. The van der Waals surface area contributed by atoms with Gasteiger partial charge in [0.1, 0.15) is 5.60 Å². The Balaban J connectivity index is 2.14. The smallest absolute Gasteiger partial charge is 0.337 e. The zero-order chi connectivity index (χ0) is 18.2. The molecule has 3 N–H and O–H groups in total. The fourth-order valence-electron chi connectivity index (χ4n) is 3.48. The number of nitrogens with one attached hydrogen (secondary N) is 1. The molecule has 0 radical (unpaired) electrons. The fourth-order valence-corrected chi connectivity index (χ4v) is 3.48. The Morgan fingerprint density at radius 3 is 2.32 bits per heavy atom. The second kappa shape index (κ2) is 6.24. The van der Waals surface area contributed by atoms with Gasteiger partial charge in [-0.25, -0.2) is 4.79 Å². The van der Waals surface area contributed by atoms with Gasteiger partial charge in [0.25, 0.3) is 0 Å². The van der Waals surface area contributed by atoms with Gasteiger partial charge in [-0.3, -0.25) is 4.98 Å². The molecule has 1 atom stereocenters. The SMILES string of the molecule is CC(C)c1ccc(C(O)(c2cncc(C(=O)O)c2)C2(C)CNC2)cc1. The summed E-state index contributed by atoms with van der Waals surface area (Å²) in [6.45, 7) is 7.55. The van der Waals surface area contributed by atoms with Crippen LogP contribution in [0.5, 0.6) is 0 Å². The second-order valence-corrected chi connectivity index (χ2v) is 7.42. The van der Waals surface area contributed by atoms with Crippen molar-refractivity contribution in [2.24, 2.45) is 5.41 Å². The fraction of sp³-hybridized carbons (Fsp3) is 0.400. The van der Waals surface area contributed by atoms with Crippen LogP contribution in [-0.4, -0.2) is 34.3 Å². The maximum Gasteiger partial charge on any atom is 0.337 e. The van der Waals surface area contributed by atoms with Crippen molar-refractivity contribution in [3.05, 3.63) is 65.0 Å². The zero-order valence-corrected chi connectivity index (χ0v) is 14.8. The summed E-state index contributed by atoms with van der Waals surface area (Å²) in [4.78, 5) is 15.4. The van der Waals surface area contributed by atoms with Crippen LogP contribution in [0, 0.1) is 5.41 Å². The number of hydrogen-bond donors (Lipinski definition) is 3. The van der Waals surface area contributed by atoms with E-state index in [1.54, 1.807) is 6.20 Å². The van der Waals surface area contributed by atoms with Crippen molar-refractivity contribution in [1.29, 1.82) is 0 Å². The van der Waals surface area contributed by atoms with Crippen LogP contribution in [0.2, 0.25) is 0 Å². The molecule has 1 saturated heterocycles. The molecular weight excluding hydrogens is 316 g/mol. The van der Waals surface area contributed by atoms with E-state index in [2.05, 4.69) is 24.1 Å². The van der Waals surface area contributed by atoms with Gasteiger partial charge in [0, 0.05) is 36.5 Å². The van der Waals surface area contributed by atoms with Crippen molar-refractivity contribution in [1.82, 2.24) is 10.3 Å². The number of hydrogen-bond acceptors (Lipinski definition) is 4. The van der Waals surface area contributed by atoms with Crippen LogP contribution in [-0.2, 0) is 5.60 Å². The van der Waals surface area contributed by atoms with Crippen LogP contribution >= 0.6 is 0 Å². The van der Waals surface area contributed by atoms with Crippen LogP contribution in [0.1, 0.15) is 53.7 Å². The number of carboxylic acids is 1. The molecule has 2 heterocycles. The van der Waals surface area contributed by atoms with E-state index in [1.165, 1.54) is 17.8 Å². The van der Waals surface area contributed by atoms with E-state index < -0.39 is 17.0 Å². The van der Waals surface area contributed by atoms with Crippen molar-refractivity contribution >= 4 is 5.97 Å². The van der Waals surface area contributed by atoms with Gasteiger partial charge in [0.05, 0.1) is 5.56 Å². The molecule has 0 saturated carbocycles. The minimum absolute atomic E-state index is 0.0746. The number of carbonyl (C=O) groups is 1. The highest BCUT2D eigenvalue weighted by atomic mass is 16.4. The van der Waals surface area contributed by atoms with Gasteiger partial charge in [-0.05, 0) is 23.1 Å². The standard InChI is InChI=1S/C20H24N2O3/c1-13(2)14-4-6-16(7-5-14)20(25,19(3)11-22-12-19)17-8-15(18(23)24)9-21-10-17/h4-10,13,22,25H,11-12H2,1-3H3,(H,23,24). The van der Waals surface area contributed by atoms with Crippen molar-refractivity contribution in [2.45, 2.75) is 32.3 Å². The molecule has 25 heavy (non-hydrogen) atoms. The number of rotatable bonds is 5. The lowest BCUT2D eigenvalue weighted by atomic mass is 9.63. The molecule has 3 rings (SSSR count). The summed E-state index contributed by atoms with van der Waals surface area (Å²) in [5.74, 6) is -0.649. The molecule has 2 aromatic rings. The summed E-state index contributed by atoms with van der Waals surface area (Å²) in [5, 5.41) is 24.3. The van der Waals surface area contributed by atoms with E-state index >= 15 is 0 Å². The molecule has 1 fully saturated rings. The summed E-state index contributed by atoms with van der Waals surface area (Å²) < 4.78 is 0. The molecule has 0 spiro atoms. The number of carboxylic acid groups (broad SMARTS) is 1. The highest BCUT2D eigenvalue weighted by molar-refractivity contribution is 5.87. The number of aromatic nitrogens is 1. The van der Waals surface area contributed by atoms with Crippen molar-refractivity contribution in [2.75, 3.05) is 13.1 Å². The molecular formula is C20H24N2O3. The van der Waals surface area contributed by atoms with Gasteiger partial charge in [-0.2, -0.15) is 0 Å². The molecule has 1 aromatic carbocycles. The first-order valence-electron chi connectivity index (χ1n) is 8.50. The molecule has 1 aliphatic rings. The first kappa shape index (κ1) is 17.6. The summed E-state index contributed by atoms with van der Waals surface area (Å²) in [6.07, 6.45) is 2.86. The predicted molar refractivity (Wildman–Crippen MR) is 95.7 cm³/mol. The van der Waals surface area contributed by atoms with Gasteiger partial charge < -0.3 is 15.5 Å². The van der Waals surface area contributed by atoms with Gasteiger partial charge in [-0.1, -0.05) is 45.0 Å². The number of aromatic carboxylic acids is 1. The van der Waals surface area contributed by atoms with E-state index in [0.29, 0.717) is 24.6 Å². The number of nitrogens with zero attached hydrogens (tertiary/aromatic N) is 1. The Morgan fingerprint density at radius 1 is 1.20 bits per heavy atom. The maximum absolute atomic E-state index is 11.8. The first-order chi connectivity index (χ1) is 11.8. The third-order valence-electron chi connectivity index (χ3n) is 5.30. The molecule has 5 nitrogen and oxygen atoms in total. The molecule has 132 valence electrons. The molecule has 5 heteroatoms. The van der Waals surface area contributed by atoms with Crippen LogP contribution in [0.3, 0.4) is 0 Å². The monoisotopic (exact) mass is 340 g/mol. The van der Waals surface area contributed by atoms with Crippen molar-refractivity contribution in [3.63, 3.8) is 0 Å². The maximum atomic E-state index is 11.8. The van der Waals surface area contributed by atoms with Crippen LogP contribution in [0.25, 0.3) is 0 Å². The van der Waals surface area contributed by atoms with Crippen LogP contribution in [0.15, 0.2) is 42.7 Å². The first-order valence-corrected chi connectivity index (χ1v) is 8.50. The molecule has 0 aliphatic carbocycles. The Kier molecular flexibility index (Phi) is 4.39. The summed E-state index contributed by atoms with van der Waals surface area (Å²) in [5.41, 5.74) is 0.780. The quantitative estimate of drug-likeness (QED) is 0.780. The summed E-state index contributed by atoms with van der Waals surface area (Å²) in [7, 11) is 0. The molecule has 1 aromatic heterocycles. The Bertz CT molecular complexity index is 782. The van der Waals surface area contributed by atoms with Crippen molar-refractivity contribution in [3.8, 4) is 0 Å². The summed E-state index contributed by atoms with van der Waals surface area (Å²) >= 11 is 0. The Hall–Kier alpha value is -2.24. The topological polar surface area (TPSA) is 82.5 Å². The predicted octanol–water partition coefficient (Wildman–Crippen LogP) is 2.75. The van der Waals surface area contributed by atoms with Gasteiger partial charge in [0.15, 0.2) is 0 Å². The Morgan fingerprint density at radius 2 is 1.84 bits per heavy atom. The molecule has 0 amide bonds. The number of pyridine rings is 1. The minimum atomic E-state index is -1.31. The average Bonchev–Trinajstić information content (AvgIpc) is 2.59. The number of benzene rings is 1. The lowest BCUT2D eigenvalue weighted by Crippen LogP contribution is -2.63. The van der Waals surface area contributed by atoms with Gasteiger partial charge in [0.2, 0.25) is 0 Å². The van der Waals surface area contributed by atoms with E-state index in [1.807, 2.05) is 31.2 Å². The lowest BCUT2D eigenvalue weighted by Gasteiger charge is -2.52. The third kappa shape index (κ3) is 2.83. The summed E-state index contributed by atoms with van der Waals surface area (Å²) in [6, 6.07) is 9.44. The largest absolute Gasteiger partial charge is 0.478 e. The van der Waals surface area contributed by atoms with Gasteiger partial charge >= 0.3 is 5.97 Å². The van der Waals surface area contributed by atoms with E-state index in [4.69, 9.17) is 0 Å². The average molecular weight is 340 g/mol.